The second-order valence-corrected chi connectivity index (χ2v) is 20.9. The predicted octanol–water partition coefficient (Wildman–Crippen LogP) is 19.6. The fraction of sp³-hybridized carbons (Fsp3) is 0. The highest BCUT2D eigenvalue weighted by molar-refractivity contribution is 6.13. The second kappa shape index (κ2) is 20.2. The molecule has 0 aliphatic rings. The lowest BCUT2D eigenvalue weighted by atomic mass is 10.1. The van der Waals surface area contributed by atoms with Crippen molar-refractivity contribution < 1.29 is 0 Å². The van der Waals surface area contributed by atoms with E-state index < -0.39 is 0 Å². The molecule has 0 unspecified atom stereocenters. The van der Waals surface area contributed by atoms with Gasteiger partial charge in [0, 0.05) is 77.8 Å². The molecule has 0 spiro atoms. The molecule has 0 N–H and O–H groups in total. The zero-order valence-electron chi connectivity index (χ0n) is 45.5. The largest absolute Gasteiger partial charge is 0.310 e. The molecule has 0 saturated heterocycles. The van der Waals surface area contributed by atoms with Gasteiger partial charge in [0.2, 0.25) is 17.8 Å². The summed E-state index contributed by atoms with van der Waals surface area (Å²) in [5.74, 6) is 1.39. The van der Waals surface area contributed by atoms with Gasteiger partial charge in [-0.1, -0.05) is 170 Å². The van der Waals surface area contributed by atoms with E-state index in [2.05, 4.69) is 338 Å². The van der Waals surface area contributed by atoms with Crippen LogP contribution in [0.1, 0.15) is 0 Å². The van der Waals surface area contributed by atoms with Gasteiger partial charge in [0.05, 0.1) is 38.8 Å². The van der Waals surface area contributed by atoms with Crippen LogP contribution in [0.15, 0.2) is 309 Å². The number of fused-ring (bicyclic) bond motifs is 9. The van der Waals surface area contributed by atoms with Gasteiger partial charge in [-0.3, -0.25) is 14.0 Å². The molecule has 4 heterocycles. The third-order valence-corrected chi connectivity index (χ3v) is 16.0. The first-order valence-electron chi connectivity index (χ1n) is 28.3. The molecule has 16 aromatic rings. The highest BCUT2D eigenvalue weighted by atomic mass is 15.4. The zero-order valence-corrected chi connectivity index (χ0v) is 45.5. The van der Waals surface area contributed by atoms with Crippen LogP contribution in [0.5, 0.6) is 0 Å². The number of anilines is 9. The van der Waals surface area contributed by atoms with Crippen molar-refractivity contribution in [2.75, 3.05) is 14.7 Å². The fourth-order valence-electron chi connectivity index (χ4n) is 12.4. The van der Waals surface area contributed by atoms with E-state index >= 15 is 0 Å². The Morgan fingerprint density at radius 2 is 0.512 bits per heavy atom. The first kappa shape index (κ1) is 48.4. The average Bonchev–Trinajstić information content (AvgIpc) is 2.09. The number of hydrogen-bond donors (Lipinski definition) is 0. The number of benzene rings is 12. The van der Waals surface area contributed by atoms with Crippen molar-refractivity contribution in [3.8, 4) is 17.6 Å². The fourth-order valence-corrected chi connectivity index (χ4v) is 12.4. The summed E-state index contributed by atoms with van der Waals surface area (Å²) >= 11 is 0. The van der Waals surface area contributed by atoms with E-state index in [0.29, 0.717) is 17.8 Å². The Labute approximate surface area is 484 Å². The van der Waals surface area contributed by atoms with Crippen LogP contribution < -0.4 is 14.7 Å². The van der Waals surface area contributed by atoms with Crippen molar-refractivity contribution in [2.45, 2.75) is 0 Å². The normalized spacial score (nSPS) is 11.6. The first-order chi connectivity index (χ1) is 41.7. The van der Waals surface area contributed by atoms with Crippen LogP contribution in [-0.2, 0) is 0 Å². The van der Waals surface area contributed by atoms with E-state index in [4.69, 9.17) is 15.0 Å². The summed E-state index contributed by atoms with van der Waals surface area (Å²) in [5, 5.41) is 6.59. The van der Waals surface area contributed by atoms with E-state index in [1.807, 2.05) is 0 Å². The molecule has 9 nitrogen and oxygen atoms in total. The van der Waals surface area contributed by atoms with Crippen LogP contribution in [0.2, 0.25) is 0 Å². The molecule has 16 rings (SSSR count). The molecular formula is C75H51N9. The topological polar surface area (TPSA) is 63.2 Å². The van der Waals surface area contributed by atoms with Gasteiger partial charge in [-0.25, -0.2) is 0 Å². The van der Waals surface area contributed by atoms with Crippen LogP contribution >= 0.6 is 0 Å². The van der Waals surface area contributed by atoms with Gasteiger partial charge in [0.1, 0.15) is 0 Å². The smallest absolute Gasteiger partial charge is 0.241 e. The Balaban J connectivity index is 0.965. The number of rotatable bonds is 12. The third kappa shape index (κ3) is 8.13. The molecule has 84 heavy (non-hydrogen) atoms. The molecule has 4 aromatic heterocycles. The van der Waals surface area contributed by atoms with Crippen molar-refractivity contribution in [3.05, 3.63) is 309 Å². The molecule has 0 aliphatic carbocycles. The lowest BCUT2D eigenvalue weighted by molar-refractivity contribution is 0.878. The van der Waals surface area contributed by atoms with Gasteiger partial charge in [-0.05, 0) is 140 Å². The highest BCUT2D eigenvalue weighted by Gasteiger charge is 2.26. The molecular weight excluding hydrogens is 1030 g/mol. The summed E-state index contributed by atoms with van der Waals surface area (Å²) in [7, 11) is 0. The molecule has 12 aromatic carbocycles. The minimum absolute atomic E-state index is 0.451. The summed E-state index contributed by atoms with van der Waals surface area (Å²) < 4.78 is 6.78. The molecule has 0 saturated carbocycles. The van der Waals surface area contributed by atoms with Gasteiger partial charge in [0.25, 0.3) is 0 Å². The van der Waals surface area contributed by atoms with Crippen molar-refractivity contribution >= 4 is 117 Å². The standard InChI is InChI=1S/C75H51N9/c1-7-25-52(26-8-1)79(53-27-9-2-10-28-53)58-44-47-70-65(49-58)62-38-20-23-41-68(62)83(70)74-76-73(81(56-33-15-5-16-34-56)60-43-46-64-61-37-19-22-40-67(61)82(72(64)51-60)57-35-17-6-18-36-57)77-75(78-74)84-69-42-24-21-39-63(69)66-50-59(45-48-71(66)84)80(54-29-11-3-12-30-54)55-31-13-4-14-32-55/h1-51H. The van der Waals surface area contributed by atoms with E-state index in [0.717, 1.165) is 111 Å². The van der Waals surface area contributed by atoms with Crippen LogP contribution in [0.4, 0.5) is 51.4 Å². The summed E-state index contributed by atoms with van der Waals surface area (Å²) in [5.41, 5.74) is 15.2. The van der Waals surface area contributed by atoms with Crippen LogP contribution in [-0.4, -0.2) is 28.7 Å². The zero-order chi connectivity index (χ0) is 55.5. The molecule has 0 bridgehead atoms. The molecule has 0 radical (unpaired) electrons. The number of para-hydroxylation sites is 9. The Kier molecular flexibility index (Phi) is 11.6. The lowest BCUT2D eigenvalue weighted by Gasteiger charge is -2.26. The van der Waals surface area contributed by atoms with Gasteiger partial charge in [-0.15, -0.1) is 0 Å². The van der Waals surface area contributed by atoms with Crippen molar-refractivity contribution in [3.63, 3.8) is 0 Å². The van der Waals surface area contributed by atoms with E-state index in [9.17, 15) is 0 Å². The lowest BCUT2D eigenvalue weighted by Crippen LogP contribution is -2.18. The summed E-state index contributed by atoms with van der Waals surface area (Å²) in [4.78, 5) is 23.8. The first-order valence-corrected chi connectivity index (χ1v) is 28.3. The van der Waals surface area contributed by atoms with Crippen LogP contribution in [0.3, 0.4) is 0 Å². The van der Waals surface area contributed by atoms with Gasteiger partial charge in [0.15, 0.2) is 0 Å². The van der Waals surface area contributed by atoms with E-state index in [1.54, 1.807) is 0 Å². The van der Waals surface area contributed by atoms with Crippen LogP contribution in [0.25, 0.3) is 83.0 Å². The van der Waals surface area contributed by atoms with Gasteiger partial charge >= 0.3 is 0 Å². The Hall–Kier alpha value is -11.6. The quantitative estimate of drug-likeness (QED) is 0.121. The number of nitrogens with zero attached hydrogens (tertiary/aromatic N) is 9. The maximum Gasteiger partial charge on any atom is 0.241 e. The second-order valence-electron chi connectivity index (χ2n) is 20.9. The molecule has 0 fully saturated rings. The Morgan fingerprint density at radius 1 is 0.202 bits per heavy atom. The summed E-state index contributed by atoms with van der Waals surface area (Å²) in [6.45, 7) is 0. The van der Waals surface area contributed by atoms with Gasteiger partial charge < -0.3 is 14.4 Å². The summed E-state index contributed by atoms with van der Waals surface area (Å²) in [6, 6.07) is 109. The molecule has 0 aliphatic heterocycles. The number of hydrogen-bond acceptors (Lipinski definition) is 6. The van der Waals surface area contributed by atoms with Crippen molar-refractivity contribution in [2.24, 2.45) is 0 Å². The average molecular weight is 1080 g/mol. The highest BCUT2D eigenvalue weighted by Crippen LogP contribution is 2.44. The maximum absolute atomic E-state index is 5.69. The molecule has 0 atom stereocenters. The SMILES string of the molecule is c1ccc(N(c2ccccc2)c2ccc3c(c2)c2ccccc2n3-c2nc(N(c3ccccc3)c3ccc4c5ccccc5n(-c5ccccc5)c4c3)nc(-n3c4ccccc4c4cc(N(c5ccccc5)c5ccccc5)ccc43)n2)cc1. The maximum atomic E-state index is 5.69. The molecule has 0 amide bonds. The van der Waals surface area contributed by atoms with Crippen molar-refractivity contribution in [1.29, 1.82) is 0 Å². The Bertz CT molecular complexity index is 4780. The summed E-state index contributed by atoms with van der Waals surface area (Å²) in [6.07, 6.45) is 0. The predicted molar refractivity (Wildman–Crippen MR) is 347 cm³/mol. The number of aromatic nitrogens is 6. The Morgan fingerprint density at radius 3 is 0.940 bits per heavy atom. The minimum atomic E-state index is 0.451. The molecule has 9 heteroatoms. The van der Waals surface area contributed by atoms with E-state index in [-0.39, 0.29) is 0 Å². The minimum Gasteiger partial charge on any atom is -0.310 e. The van der Waals surface area contributed by atoms with Crippen molar-refractivity contribution in [1.82, 2.24) is 28.7 Å². The van der Waals surface area contributed by atoms with Crippen LogP contribution in [0, 0.1) is 0 Å². The molecule has 396 valence electrons. The van der Waals surface area contributed by atoms with Gasteiger partial charge in [-0.2, -0.15) is 15.0 Å². The monoisotopic (exact) mass is 1080 g/mol. The third-order valence-electron chi connectivity index (χ3n) is 16.0. The van der Waals surface area contributed by atoms with E-state index in [1.165, 1.54) is 5.39 Å².